The molecule has 0 N–H and O–H groups in total. The molecule has 2 atom stereocenters. The normalized spacial score (nSPS) is 18.1. The minimum absolute atomic E-state index is 0.0585. The monoisotopic (exact) mass is 394 g/mol. The zero-order valence-electron chi connectivity index (χ0n) is 16.7. The number of hydrogen-bond acceptors (Lipinski definition) is 3. The molecule has 4 rings (SSSR count). The van der Waals surface area contributed by atoms with Crippen molar-refractivity contribution in [2.24, 2.45) is 5.92 Å². The summed E-state index contributed by atoms with van der Waals surface area (Å²) in [5.41, 5.74) is 3.56. The average Bonchev–Trinajstić information content (AvgIpc) is 2.81. The molecular formula is C26H22N2O2. The van der Waals surface area contributed by atoms with Crippen LogP contribution in [-0.2, 0) is 11.2 Å². The highest BCUT2D eigenvalue weighted by Gasteiger charge is 2.46. The molecule has 1 saturated heterocycles. The number of hydrogen-bond donors (Lipinski definition) is 0. The number of carbonyl (C=O) groups excluding carboxylic acids is 1. The second-order valence-electron chi connectivity index (χ2n) is 7.29. The third kappa shape index (κ3) is 3.97. The SMILES string of the molecule is COc1ccc(N2C(=O)[C@H](Cc3cccc(C#N)c3)[C@H]2/C=C/c2ccccc2)cc1. The van der Waals surface area contributed by atoms with Crippen LogP contribution >= 0.6 is 0 Å². The molecule has 1 aliphatic heterocycles. The van der Waals surface area contributed by atoms with Crippen LogP contribution < -0.4 is 9.64 Å². The smallest absolute Gasteiger partial charge is 0.233 e. The molecule has 0 spiro atoms. The highest BCUT2D eigenvalue weighted by molar-refractivity contribution is 6.04. The number of anilines is 1. The van der Waals surface area contributed by atoms with Gasteiger partial charge in [0, 0.05) is 5.69 Å². The van der Waals surface area contributed by atoms with E-state index < -0.39 is 0 Å². The van der Waals surface area contributed by atoms with E-state index >= 15 is 0 Å². The van der Waals surface area contributed by atoms with E-state index in [1.165, 1.54) is 0 Å². The number of amides is 1. The van der Waals surface area contributed by atoms with E-state index in [4.69, 9.17) is 10.00 Å². The Morgan fingerprint density at radius 2 is 1.80 bits per heavy atom. The second kappa shape index (κ2) is 8.67. The van der Waals surface area contributed by atoms with Crippen LogP contribution in [0.15, 0.2) is 84.9 Å². The minimum atomic E-state index is -0.166. The van der Waals surface area contributed by atoms with Crippen molar-refractivity contribution in [3.63, 3.8) is 0 Å². The summed E-state index contributed by atoms with van der Waals surface area (Å²) in [4.78, 5) is 14.9. The number of carbonyl (C=O) groups is 1. The van der Waals surface area contributed by atoms with Gasteiger partial charge in [-0.1, -0.05) is 54.6 Å². The van der Waals surface area contributed by atoms with Gasteiger partial charge in [0.25, 0.3) is 0 Å². The number of nitrogens with zero attached hydrogens (tertiary/aromatic N) is 2. The number of methoxy groups -OCH3 is 1. The molecule has 30 heavy (non-hydrogen) atoms. The van der Waals surface area contributed by atoms with Gasteiger partial charge in [-0.2, -0.15) is 5.26 Å². The van der Waals surface area contributed by atoms with E-state index in [2.05, 4.69) is 18.2 Å². The maximum absolute atomic E-state index is 13.1. The van der Waals surface area contributed by atoms with Crippen molar-refractivity contribution < 1.29 is 9.53 Å². The highest BCUT2D eigenvalue weighted by atomic mass is 16.5. The maximum atomic E-state index is 13.1. The Hall–Kier alpha value is -3.84. The van der Waals surface area contributed by atoms with Crippen LogP contribution in [0.3, 0.4) is 0 Å². The summed E-state index contributed by atoms with van der Waals surface area (Å²) in [6.07, 6.45) is 4.76. The molecule has 3 aromatic carbocycles. The molecule has 4 nitrogen and oxygen atoms in total. The summed E-state index contributed by atoms with van der Waals surface area (Å²) in [6.45, 7) is 0. The lowest BCUT2D eigenvalue weighted by Crippen LogP contribution is -2.61. The van der Waals surface area contributed by atoms with E-state index in [-0.39, 0.29) is 17.9 Å². The number of nitriles is 1. The van der Waals surface area contributed by atoms with E-state index in [9.17, 15) is 4.79 Å². The lowest BCUT2D eigenvalue weighted by atomic mass is 9.81. The van der Waals surface area contributed by atoms with Crippen molar-refractivity contribution >= 4 is 17.7 Å². The molecule has 1 fully saturated rings. The van der Waals surface area contributed by atoms with Gasteiger partial charge in [0.05, 0.1) is 30.7 Å². The zero-order valence-corrected chi connectivity index (χ0v) is 16.7. The summed E-state index contributed by atoms with van der Waals surface area (Å²) in [5.74, 6) is 0.680. The van der Waals surface area contributed by atoms with Crippen molar-refractivity contribution in [1.82, 2.24) is 0 Å². The minimum Gasteiger partial charge on any atom is -0.497 e. The molecule has 3 aromatic rings. The molecular weight excluding hydrogens is 372 g/mol. The number of benzene rings is 3. The molecule has 0 radical (unpaired) electrons. The summed E-state index contributed by atoms with van der Waals surface area (Å²) < 4.78 is 5.24. The lowest BCUT2D eigenvalue weighted by molar-refractivity contribution is -0.128. The van der Waals surface area contributed by atoms with Gasteiger partial charge in [-0.3, -0.25) is 4.79 Å². The Morgan fingerprint density at radius 1 is 1.03 bits per heavy atom. The van der Waals surface area contributed by atoms with Crippen LogP contribution in [0.5, 0.6) is 5.75 Å². The standard InChI is InChI=1S/C26H22N2O2/c1-30-23-13-11-22(12-14-23)28-25(15-10-19-6-3-2-4-7-19)24(26(28)29)17-20-8-5-9-21(16-20)18-27/h2-16,24-25H,17H2,1H3/b15-10+/t24-,25-/m1/s1. The molecule has 0 aromatic heterocycles. The molecule has 0 aliphatic carbocycles. The molecule has 1 aliphatic rings. The van der Waals surface area contributed by atoms with Crippen molar-refractivity contribution in [3.05, 3.63) is 102 Å². The fourth-order valence-corrected chi connectivity index (χ4v) is 3.84. The van der Waals surface area contributed by atoms with Crippen LogP contribution in [0.2, 0.25) is 0 Å². The molecule has 148 valence electrons. The van der Waals surface area contributed by atoms with Gasteiger partial charge in [0.1, 0.15) is 5.75 Å². The van der Waals surface area contributed by atoms with Gasteiger partial charge in [0.15, 0.2) is 0 Å². The number of ether oxygens (including phenoxy) is 1. The Bertz CT molecular complexity index is 1100. The van der Waals surface area contributed by atoms with Crippen LogP contribution in [-0.4, -0.2) is 19.1 Å². The maximum Gasteiger partial charge on any atom is 0.233 e. The Labute approximate surface area is 176 Å². The summed E-state index contributed by atoms with van der Waals surface area (Å²) in [7, 11) is 1.63. The van der Waals surface area contributed by atoms with E-state index in [0.717, 1.165) is 22.6 Å². The Kier molecular flexibility index (Phi) is 5.63. The predicted octanol–water partition coefficient (Wildman–Crippen LogP) is 4.85. The number of β-lactam (4-membered cyclic amide) rings is 1. The number of rotatable bonds is 6. The molecule has 0 unspecified atom stereocenters. The third-order valence-electron chi connectivity index (χ3n) is 5.41. The fourth-order valence-electron chi connectivity index (χ4n) is 3.84. The van der Waals surface area contributed by atoms with Gasteiger partial charge < -0.3 is 9.64 Å². The summed E-state index contributed by atoms with van der Waals surface area (Å²) in [6, 6.07) is 27.2. The van der Waals surface area contributed by atoms with Crippen LogP contribution in [0.4, 0.5) is 5.69 Å². The fraction of sp³-hybridized carbons (Fsp3) is 0.154. The predicted molar refractivity (Wildman–Crippen MR) is 118 cm³/mol. The Balaban J connectivity index is 1.62. The third-order valence-corrected chi connectivity index (χ3v) is 5.41. The second-order valence-corrected chi connectivity index (χ2v) is 7.29. The first-order valence-corrected chi connectivity index (χ1v) is 9.89. The van der Waals surface area contributed by atoms with Crippen LogP contribution in [0, 0.1) is 17.2 Å². The van der Waals surface area contributed by atoms with Crippen LogP contribution in [0.1, 0.15) is 16.7 Å². The molecule has 1 amide bonds. The molecule has 0 saturated carbocycles. The van der Waals surface area contributed by atoms with Gasteiger partial charge in [-0.05, 0) is 53.9 Å². The van der Waals surface area contributed by atoms with Crippen molar-refractivity contribution in [2.75, 3.05) is 12.0 Å². The highest BCUT2D eigenvalue weighted by Crippen LogP contribution is 2.36. The van der Waals surface area contributed by atoms with Crippen molar-refractivity contribution in [2.45, 2.75) is 12.5 Å². The Morgan fingerprint density at radius 3 is 2.50 bits per heavy atom. The molecule has 0 bridgehead atoms. The van der Waals surface area contributed by atoms with E-state index in [1.807, 2.05) is 77.7 Å². The summed E-state index contributed by atoms with van der Waals surface area (Å²) >= 11 is 0. The van der Waals surface area contributed by atoms with Gasteiger partial charge in [0.2, 0.25) is 5.91 Å². The van der Waals surface area contributed by atoms with E-state index in [0.29, 0.717) is 12.0 Å². The lowest BCUT2D eigenvalue weighted by Gasteiger charge is -2.46. The van der Waals surface area contributed by atoms with Crippen molar-refractivity contribution in [3.8, 4) is 11.8 Å². The van der Waals surface area contributed by atoms with Gasteiger partial charge >= 0.3 is 0 Å². The van der Waals surface area contributed by atoms with E-state index in [1.54, 1.807) is 13.2 Å². The summed E-state index contributed by atoms with van der Waals surface area (Å²) in [5, 5.41) is 9.17. The van der Waals surface area contributed by atoms with Gasteiger partial charge in [-0.25, -0.2) is 0 Å². The first-order chi connectivity index (χ1) is 14.7. The van der Waals surface area contributed by atoms with Gasteiger partial charge in [-0.15, -0.1) is 0 Å². The van der Waals surface area contributed by atoms with Crippen LogP contribution in [0.25, 0.3) is 6.08 Å². The molecule has 4 heteroatoms. The first kappa shape index (κ1) is 19.5. The molecule has 1 heterocycles. The van der Waals surface area contributed by atoms with Crippen molar-refractivity contribution in [1.29, 1.82) is 5.26 Å². The quantitative estimate of drug-likeness (QED) is 0.562. The topological polar surface area (TPSA) is 53.3 Å². The largest absolute Gasteiger partial charge is 0.497 e. The average molecular weight is 394 g/mol. The first-order valence-electron chi connectivity index (χ1n) is 9.89. The zero-order chi connectivity index (χ0) is 20.9.